The molecule has 1 fully saturated rings. The Morgan fingerprint density at radius 3 is 3.20 bits per heavy atom. The van der Waals surface area contributed by atoms with E-state index in [0.29, 0.717) is 11.1 Å². The Morgan fingerprint density at radius 1 is 1.67 bits per heavy atom. The molecule has 0 amide bonds. The van der Waals surface area contributed by atoms with Crippen LogP contribution in [0.3, 0.4) is 0 Å². The van der Waals surface area contributed by atoms with E-state index >= 15 is 0 Å². The van der Waals surface area contributed by atoms with Crippen molar-refractivity contribution in [3.05, 3.63) is 21.8 Å². The lowest BCUT2D eigenvalue weighted by Gasteiger charge is -2.12. The fourth-order valence-corrected chi connectivity index (χ4v) is 2.34. The van der Waals surface area contributed by atoms with Crippen LogP contribution in [0, 0.1) is 0 Å². The maximum atomic E-state index is 5.80. The minimum atomic E-state index is 0.314. The molecular formula is C10H12BrClN2O. The first-order valence-corrected chi connectivity index (χ1v) is 6.09. The highest BCUT2D eigenvalue weighted by Gasteiger charge is 2.15. The molecule has 1 unspecified atom stereocenters. The van der Waals surface area contributed by atoms with E-state index < -0.39 is 0 Å². The Labute approximate surface area is 102 Å². The van der Waals surface area contributed by atoms with Crippen LogP contribution in [0.5, 0.6) is 0 Å². The van der Waals surface area contributed by atoms with Crippen LogP contribution in [-0.2, 0) is 4.74 Å². The average molecular weight is 292 g/mol. The van der Waals surface area contributed by atoms with Gasteiger partial charge in [-0.25, -0.2) is 4.98 Å². The zero-order valence-electron chi connectivity index (χ0n) is 8.17. The van der Waals surface area contributed by atoms with Gasteiger partial charge in [0.25, 0.3) is 0 Å². The first kappa shape index (κ1) is 11.2. The van der Waals surface area contributed by atoms with Crippen LogP contribution < -0.4 is 5.32 Å². The lowest BCUT2D eigenvalue weighted by Crippen LogP contribution is -2.19. The van der Waals surface area contributed by atoms with Gasteiger partial charge in [0.15, 0.2) is 0 Å². The van der Waals surface area contributed by atoms with Gasteiger partial charge in [0.2, 0.25) is 0 Å². The fraction of sp³-hybridized carbons (Fsp3) is 0.500. The quantitative estimate of drug-likeness (QED) is 0.929. The second kappa shape index (κ2) is 5.14. The highest BCUT2D eigenvalue weighted by molar-refractivity contribution is 9.10. The number of hydrogen-bond acceptors (Lipinski definition) is 3. The third kappa shape index (κ3) is 3.06. The predicted octanol–water partition coefficient (Wildman–Crippen LogP) is 3.09. The average Bonchev–Trinajstić information content (AvgIpc) is 2.69. The second-order valence-electron chi connectivity index (χ2n) is 3.50. The number of halogens is 2. The summed E-state index contributed by atoms with van der Waals surface area (Å²) in [7, 11) is 0. The lowest BCUT2D eigenvalue weighted by atomic mass is 10.2. The summed E-state index contributed by atoms with van der Waals surface area (Å²) in [6, 6.07) is 1.83. The van der Waals surface area contributed by atoms with Crippen LogP contribution in [0.1, 0.15) is 12.8 Å². The first-order chi connectivity index (χ1) is 7.25. The van der Waals surface area contributed by atoms with Gasteiger partial charge in [-0.2, -0.15) is 0 Å². The smallest absolute Gasteiger partial charge is 0.140 e. The molecule has 0 radical (unpaired) electrons. The summed E-state index contributed by atoms with van der Waals surface area (Å²) in [6.45, 7) is 1.68. The second-order valence-corrected chi connectivity index (χ2v) is 4.79. The Morgan fingerprint density at radius 2 is 2.53 bits per heavy atom. The maximum Gasteiger partial charge on any atom is 0.140 e. The molecule has 0 spiro atoms. The molecule has 0 aromatic carbocycles. The van der Waals surface area contributed by atoms with E-state index in [4.69, 9.17) is 16.3 Å². The van der Waals surface area contributed by atoms with Crippen LogP contribution in [0.4, 0.5) is 5.82 Å². The number of nitrogens with one attached hydrogen (secondary N) is 1. The van der Waals surface area contributed by atoms with Gasteiger partial charge in [-0.1, -0.05) is 11.6 Å². The number of pyridine rings is 1. The highest BCUT2D eigenvalue weighted by Crippen LogP contribution is 2.23. The van der Waals surface area contributed by atoms with Gasteiger partial charge >= 0.3 is 0 Å². The van der Waals surface area contributed by atoms with Crippen molar-refractivity contribution in [1.29, 1.82) is 0 Å². The van der Waals surface area contributed by atoms with Crippen LogP contribution >= 0.6 is 27.5 Å². The molecule has 0 aliphatic carbocycles. The van der Waals surface area contributed by atoms with Crippen LogP contribution in [0.2, 0.25) is 5.02 Å². The number of hydrogen-bond donors (Lipinski definition) is 1. The van der Waals surface area contributed by atoms with Gasteiger partial charge in [0, 0.05) is 19.3 Å². The summed E-state index contributed by atoms with van der Waals surface area (Å²) in [4.78, 5) is 4.19. The monoisotopic (exact) mass is 290 g/mol. The van der Waals surface area contributed by atoms with Crippen molar-refractivity contribution >= 4 is 33.3 Å². The summed E-state index contributed by atoms with van der Waals surface area (Å²) in [5, 5.41) is 3.87. The van der Waals surface area contributed by atoms with Crippen molar-refractivity contribution in [2.45, 2.75) is 18.9 Å². The van der Waals surface area contributed by atoms with Crippen LogP contribution in [0.25, 0.3) is 0 Å². The Hall–Kier alpha value is -0.320. The third-order valence-electron chi connectivity index (χ3n) is 2.33. The summed E-state index contributed by atoms with van der Waals surface area (Å²) in [5.41, 5.74) is 0. The van der Waals surface area contributed by atoms with Crippen molar-refractivity contribution in [3.63, 3.8) is 0 Å². The zero-order chi connectivity index (χ0) is 10.7. The van der Waals surface area contributed by atoms with E-state index in [-0.39, 0.29) is 0 Å². The van der Waals surface area contributed by atoms with Crippen molar-refractivity contribution in [2.24, 2.45) is 0 Å². The molecule has 15 heavy (non-hydrogen) atoms. The summed E-state index contributed by atoms with van der Waals surface area (Å²) >= 11 is 9.21. The largest absolute Gasteiger partial charge is 0.376 e. The van der Waals surface area contributed by atoms with Crippen molar-refractivity contribution < 1.29 is 4.74 Å². The molecule has 2 rings (SSSR count). The molecule has 5 heteroatoms. The normalized spacial score (nSPS) is 20.5. The van der Waals surface area contributed by atoms with E-state index in [9.17, 15) is 0 Å². The van der Waals surface area contributed by atoms with Crippen molar-refractivity contribution in [3.8, 4) is 0 Å². The van der Waals surface area contributed by atoms with Crippen LogP contribution in [-0.4, -0.2) is 24.2 Å². The highest BCUT2D eigenvalue weighted by atomic mass is 79.9. The van der Waals surface area contributed by atoms with Gasteiger partial charge in [-0.15, -0.1) is 0 Å². The topological polar surface area (TPSA) is 34.2 Å². The number of rotatable bonds is 3. The van der Waals surface area contributed by atoms with Gasteiger partial charge in [0.05, 0.1) is 15.6 Å². The Bertz CT molecular complexity index is 342. The maximum absolute atomic E-state index is 5.80. The molecular weight excluding hydrogens is 279 g/mol. The lowest BCUT2D eigenvalue weighted by molar-refractivity contribution is 0.120. The van der Waals surface area contributed by atoms with Gasteiger partial charge < -0.3 is 10.1 Å². The molecule has 0 saturated carbocycles. The molecule has 2 heterocycles. The van der Waals surface area contributed by atoms with Crippen molar-refractivity contribution in [2.75, 3.05) is 18.5 Å². The molecule has 1 atom stereocenters. The van der Waals surface area contributed by atoms with E-state index in [1.165, 1.54) is 0 Å². The zero-order valence-corrected chi connectivity index (χ0v) is 10.5. The summed E-state index contributed by atoms with van der Waals surface area (Å²) in [5.74, 6) is 0.815. The molecule has 1 aromatic heterocycles. The summed E-state index contributed by atoms with van der Waals surface area (Å²) < 4.78 is 6.39. The van der Waals surface area contributed by atoms with E-state index in [1.54, 1.807) is 6.20 Å². The van der Waals surface area contributed by atoms with Gasteiger partial charge in [0.1, 0.15) is 5.82 Å². The van der Waals surface area contributed by atoms with Crippen molar-refractivity contribution in [1.82, 2.24) is 4.98 Å². The minimum absolute atomic E-state index is 0.314. The predicted molar refractivity (Wildman–Crippen MR) is 64.4 cm³/mol. The molecule has 82 valence electrons. The minimum Gasteiger partial charge on any atom is -0.376 e. The van der Waals surface area contributed by atoms with E-state index in [1.807, 2.05) is 6.07 Å². The standard InChI is InChI=1S/C10H12BrClN2O/c11-9-4-7(12)5-13-10(9)14-6-8-2-1-3-15-8/h4-5,8H,1-3,6H2,(H,13,14). The summed E-state index contributed by atoms with van der Waals surface area (Å²) in [6.07, 6.45) is 4.22. The SMILES string of the molecule is Clc1cnc(NCC2CCCO2)c(Br)c1. The van der Waals surface area contributed by atoms with Gasteiger partial charge in [-0.3, -0.25) is 0 Å². The molecule has 0 bridgehead atoms. The molecule has 1 aliphatic rings. The Balaban J connectivity index is 1.92. The van der Waals surface area contributed by atoms with E-state index in [2.05, 4.69) is 26.2 Å². The number of aromatic nitrogens is 1. The Kier molecular flexibility index (Phi) is 3.83. The number of anilines is 1. The van der Waals surface area contributed by atoms with Crippen LogP contribution in [0.15, 0.2) is 16.7 Å². The fourth-order valence-electron chi connectivity index (χ4n) is 1.56. The third-order valence-corrected chi connectivity index (χ3v) is 3.14. The molecule has 3 nitrogen and oxygen atoms in total. The molecule has 1 aliphatic heterocycles. The molecule has 1 saturated heterocycles. The first-order valence-electron chi connectivity index (χ1n) is 4.92. The number of ether oxygens (including phenoxy) is 1. The van der Waals surface area contributed by atoms with Gasteiger partial charge in [-0.05, 0) is 34.8 Å². The number of nitrogens with zero attached hydrogens (tertiary/aromatic N) is 1. The molecule has 1 aromatic rings. The van der Waals surface area contributed by atoms with E-state index in [0.717, 1.165) is 36.3 Å². The molecule has 1 N–H and O–H groups in total.